The molecule has 20 heavy (non-hydrogen) atoms. The van der Waals surface area contributed by atoms with Crippen LogP contribution in [-0.2, 0) is 11.3 Å². The molecular formula is C12H16ClN5O2. The van der Waals surface area contributed by atoms with Crippen molar-refractivity contribution in [1.29, 1.82) is 5.41 Å². The molecular weight excluding hydrogens is 282 g/mol. The summed E-state index contributed by atoms with van der Waals surface area (Å²) in [7, 11) is 1.57. The van der Waals surface area contributed by atoms with Gasteiger partial charge in [-0.05, 0) is 19.1 Å². The van der Waals surface area contributed by atoms with Crippen LogP contribution in [0.3, 0.4) is 0 Å². The normalized spacial score (nSPS) is 10.9. The standard InChI is InChI=1S/C12H16ClN5O2/c1-7(16-2)11(14)20-6-8-9(13)4-3-5-10(8)17-12(19)18-15/h3-5,14H,6,15H2,1-2H3,(H2,17,18,19). The molecule has 0 saturated carbocycles. The van der Waals surface area contributed by atoms with Gasteiger partial charge in [-0.2, -0.15) is 0 Å². The molecule has 0 saturated heterocycles. The van der Waals surface area contributed by atoms with Gasteiger partial charge in [-0.25, -0.2) is 10.6 Å². The Morgan fingerprint density at radius 3 is 2.85 bits per heavy atom. The Kier molecular flexibility index (Phi) is 5.95. The van der Waals surface area contributed by atoms with E-state index in [1.165, 1.54) is 0 Å². The predicted octanol–water partition coefficient (Wildman–Crippen LogP) is 1.92. The number of rotatable bonds is 4. The zero-order valence-electron chi connectivity index (χ0n) is 11.2. The molecule has 1 rings (SSSR count). The fraction of sp³-hybridized carbons (Fsp3) is 0.250. The lowest BCUT2D eigenvalue weighted by Crippen LogP contribution is -2.34. The van der Waals surface area contributed by atoms with Crippen LogP contribution in [0.2, 0.25) is 5.02 Å². The molecule has 0 heterocycles. The number of hydrazine groups is 1. The molecule has 0 spiro atoms. The number of halogens is 1. The van der Waals surface area contributed by atoms with Crippen LogP contribution < -0.4 is 16.6 Å². The third-order valence-electron chi connectivity index (χ3n) is 2.52. The van der Waals surface area contributed by atoms with E-state index in [-0.39, 0.29) is 12.5 Å². The van der Waals surface area contributed by atoms with Crippen molar-refractivity contribution in [3.63, 3.8) is 0 Å². The Hall–Kier alpha value is -2.12. The van der Waals surface area contributed by atoms with Crippen molar-refractivity contribution in [1.82, 2.24) is 5.43 Å². The molecule has 0 aliphatic rings. The molecule has 1 aromatic rings. The molecule has 1 aromatic carbocycles. The highest BCUT2D eigenvalue weighted by molar-refractivity contribution is 6.36. The molecule has 0 fully saturated rings. The van der Waals surface area contributed by atoms with Gasteiger partial charge in [0.1, 0.15) is 6.61 Å². The first-order valence-corrected chi connectivity index (χ1v) is 6.07. The first-order valence-electron chi connectivity index (χ1n) is 5.69. The molecule has 0 aromatic heterocycles. The number of carbonyl (C=O) groups is 1. The highest BCUT2D eigenvalue weighted by Gasteiger charge is 2.11. The van der Waals surface area contributed by atoms with Crippen molar-refractivity contribution in [2.45, 2.75) is 13.5 Å². The Morgan fingerprint density at radius 1 is 1.55 bits per heavy atom. The molecule has 0 bridgehead atoms. The van der Waals surface area contributed by atoms with E-state index < -0.39 is 6.03 Å². The van der Waals surface area contributed by atoms with Gasteiger partial charge in [0.15, 0.2) is 0 Å². The Balaban J connectivity index is 2.88. The van der Waals surface area contributed by atoms with Crippen LogP contribution in [0.5, 0.6) is 0 Å². The number of nitrogens with one attached hydrogen (secondary N) is 3. The second-order valence-electron chi connectivity index (χ2n) is 3.79. The number of urea groups is 1. The Labute approximate surface area is 121 Å². The minimum absolute atomic E-state index is 0.0333. The number of ether oxygens (including phenoxy) is 1. The molecule has 5 N–H and O–H groups in total. The van der Waals surface area contributed by atoms with Crippen molar-refractivity contribution in [3.8, 4) is 0 Å². The molecule has 8 heteroatoms. The lowest BCUT2D eigenvalue weighted by Gasteiger charge is -2.13. The lowest BCUT2D eigenvalue weighted by molar-refractivity contribution is 0.252. The minimum Gasteiger partial charge on any atom is -0.472 e. The van der Waals surface area contributed by atoms with Gasteiger partial charge in [0, 0.05) is 17.6 Å². The predicted molar refractivity (Wildman–Crippen MR) is 79.3 cm³/mol. The smallest absolute Gasteiger partial charge is 0.333 e. The van der Waals surface area contributed by atoms with Crippen LogP contribution in [0.4, 0.5) is 10.5 Å². The summed E-state index contributed by atoms with van der Waals surface area (Å²) in [5, 5.41) is 10.6. The van der Waals surface area contributed by atoms with Crippen molar-refractivity contribution >= 4 is 34.9 Å². The number of nitrogens with zero attached hydrogens (tertiary/aromatic N) is 1. The summed E-state index contributed by atoms with van der Waals surface area (Å²) in [6.07, 6.45) is 0. The van der Waals surface area contributed by atoms with E-state index in [0.717, 1.165) is 0 Å². The van der Waals surface area contributed by atoms with E-state index >= 15 is 0 Å². The highest BCUT2D eigenvalue weighted by Crippen LogP contribution is 2.25. The van der Waals surface area contributed by atoms with Gasteiger partial charge in [-0.15, -0.1) is 0 Å². The summed E-state index contributed by atoms with van der Waals surface area (Å²) in [4.78, 5) is 15.1. The average molecular weight is 298 g/mol. The van der Waals surface area contributed by atoms with Crippen LogP contribution in [0.15, 0.2) is 23.2 Å². The number of hydrogen-bond acceptors (Lipinski definition) is 5. The van der Waals surface area contributed by atoms with E-state index in [2.05, 4.69) is 10.3 Å². The second-order valence-corrected chi connectivity index (χ2v) is 4.20. The highest BCUT2D eigenvalue weighted by atomic mass is 35.5. The second kappa shape index (κ2) is 7.46. The van der Waals surface area contributed by atoms with Crippen molar-refractivity contribution in [2.24, 2.45) is 10.8 Å². The molecule has 0 unspecified atom stereocenters. The third-order valence-corrected chi connectivity index (χ3v) is 2.88. The maximum atomic E-state index is 11.2. The van der Waals surface area contributed by atoms with Crippen LogP contribution in [0, 0.1) is 5.41 Å². The van der Waals surface area contributed by atoms with Gasteiger partial charge >= 0.3 is 6.03 Å². The summed E-state index contributed by atoms with van der Waals surface area (Å²) < 4.78 is 5.28. The van der Waals surface area contributed by atoms with E-state index in [1.54, 1.807) is 32.2 Å². The summed E-state index contributed by atoms with van der Waals surface area (Å²) in [6, 6.07) is 4.43. The maximum absolute atomic E-state index is 11.2. The monoisotopic (exact) mass is 297 g/mol. The number of anilines is 1. The minimum atomic E-state index is -0.574. The molecule has 0 aliphatic carbocycles. The first-order chi connectivity index (χ1) is 9.49. The van der Waals surface area contributed by atoms with Crippen LogP contribution >= 0.6 is 11.6 Å². The summed E-state index contributed by atoms with van der Waals surface area (Å²) in [6.45, 7) is 1.70. The summed E-state index contributed by atoms with van der Waals surface area (Å²) in [5.41, 5.74) is 3.43. The zero-order chi connectivity index (χ0) is 15.1. The van der Waals surface area contributed by atoms with Gasteiger partial charge in [0.05, 0.1) is 11.4 Å². The average Bonchev–Trinajstić information content (AvgIpc) is 2.45. The van der Waals surface area contributed by atoms with Crippen LogP contribution in [0.25, 0.3) is 0 Å². The SMILES string of the molecule is CN=C(C)C(=N)OCc1c(Cl)cccc1NC(=O)NN. The quantitative estimate of drug-likeness (QED) is 0.224. The zero-order valence-corrected chi connectivity index (χ0v) is 11.9. The van der Waals surface area contributed by atoms with Crippen molar-refractivity contribution in [2.75, 3.05) is 12.4 Å². The van der Waals surface area contributed by atoms with Gasteiger partial charge in [0.2, 0.25) is 5.90 Å². The molecule has 0 aliphatic heterocycles. The van der Waals surface area contributed by atoms with Crippen LogP contribution in [0.1, 0.15) is 12.5 Å². The van der Waals surface area contributed by atoms with Gasteiger partial charge in [-0.3, -0.25) is 15.8 Å². The van der Waals surface area contributed by atoms with Gasteiger partial charge in [-0.1, -0.05) is 17.7 Å². The van der Waals surface area contributed by atoms with E-state index in [4.69, 9.17) is 27.6 Å². The van der Waals surface area contributed by atoms with Gasteiger partial charge in [0.25, 0.3) is 0 Å². The molecule has 7 nitrogen and oxygen atoms in total. The Morgan fingerprint density at radius 2 is 2.25 bits per heavy atom. The van der Waals surface area contributed by atoms with Crippen molar-refractivity contribution < 1.29 is 9.53 Å². The van der Waals surface area contributed by atoms with Crippen molar-refractivity contribution in [3.05, 3.63) is 28.8 Å². The van der Waals surface area contributed by atoms with E-state index in [0.29, 0.717) is 22.0 Å². The number of hydrogen-bond donors (Lipinski definition) is 4. The fourth-order valence-corrected chi connectivity index (χ4v) is 1.56. The number of nitrogens with two attached hydrogens (primary N) is 1. The molecule has 2 amide bonds. The summed E-state index contributed by atoms with van der Waals surface area (Å²) >= 11 is 6.07. The fourth-order valence-electron chi connectivity index (χ4n) is 1.33. The topological polar surface area (TPSA) is 113 Å². The number of amides is 2. The largest absolute Gasteiger partial charge is 0.472 e. The van der Waals surface area contributed by atoms with Gasteiger partial charge < -0.3 is 10.1 Å². The molecule has 0 atom stereocenters. The summed E-state index contributed by atoms with van der Waals surface area (Å²) in [5.74, 6) is 4.96. The number of aliphatic imine (C=N–C) groups is 1. The Bertz CT molecular complexity index is 545. The third kappa shape index (κ3) is 4.22. The van der Waals surface area contributed by atoms with E-state index in [1.807, 2.05) is 5.43 Å². The van der Waals surface area contributed by atoms with Crippen LogP contribution in [-0.4, -0.2) is 24.7 Å². The number of carbonyl (C=O) groups excluding carboxylic acids is 1. The maximum Gasteiger partial charge on any atom is 0.333 e. The number of benzene rings is 1. The molecule has 108 valence electrons. The molecule has 0 radical (unpaired) electrons. The lowest BCUT2D eigenvalue weighted by atomic mass is 10.2. The van der Waals surface area contributed by atoms with E-state index in [9.17, 15) is 4.79 Å². The first kappa shape index (κ1) is 15.9.